The maximum absolute atomic E-state index is 13.7. The number of carbonyl (C=O) groups excluding carboxylic acids is 2. The van der Waals surface area contributed by atoms with E-state index in [2.05, 4.69) is 24.1 Å². The Morgan fingerprint density at radius 1 is 1.24 bits per heavy atom. The molecule has 1 aliphatic heterocycles. The molecule has 2 aromatic rings. The molecule has 1 aromatic carbocycles. The summed E-state index contributed by atoms with van der Waals surface area (Å²) < 4.78 is 0. The van der Waals surface area contributed by atoms with Gasteiger partial charge in [-0.15, -0.1) is 0 Å². The molecule has 1 aliphatic carbocycles. The summed E-state index contributed by atoms with van der Waals surface area (Å²) in [7, 11) is 0. The SMILES string of the molecule is CC[C@H](C)N1C(=O)c2ccccc2[C@@H](C(=O)Nc2ccc(C)cn2)C12CCCC2. The van der Waals surface area contributed by atoms with Crippen molar-refractivity contribution in [3.8, 4) is 0 Å². The van der Waals surface area contributed by atoms with E-state index in [1.807, 2.05) is 48.2 Å². The summed E-state index contributed by atoms with van der Waals surface area (Å²) in [5.41, 5.74) is 2.09. The van der Waals surface area contributed by atoms with Crippen LogP contribution in [0.4, 0.5) is 5.82 Å². The third-order valence-electron chi connectivity index (χ3n) is 6.66. The molecule has 2 amide bonds. The van der Waals surface area contributed by atoms with Crippen LogP contribution in [0.25, 0.3) is 0 Å². The van der Waals surface area contributed by atoms with Gasteiger partial charge in [0.2, 0.25) is 5.91 Å². The number of hydrogen-bond acceptors (Lipinski definition) is 3. The second-order valence-corrected chi connectivity index (χ2v) is 8.47. The standard InChI is InChI=1S/C24H29N3O2/c1-4-17(3)27-23(29)19-10-6-5-9-18(19)21(24(27)13-7-8-14-24)22(28)26-20-12-11-16(2)15-25-20/h5-6,9-12,15,17,21H,4,7-8,13-14H2,1-3H3,(H,25,26,28)/t17-,21-/m0/s1. The Labute approximate surface area is 172 Å². The van der Waals surface area contributed by atoms with Gasteiger partial charge in [0.15, 0.2) is 0 Å². The average molecular weight is 392 g/mol. The lowest BCUT2D eigenvalue weighted by Crippen LogP contribution is -2.62. The van der Waals surface area contributed by atoms with Crippen LogP contribution < -0.4 is 5.32 Å². The fourth-order valence-electron chi connectivity index (χ4n) is 5.17. The van der Waals surface area contributed by atoms with E-state index < -0.39 is 11.5 Å². The van der Waals surface area contributed by atoms with Gasteiger partial charge in [-0.25, -0.2) is 4.98 Å². The molecule has 0 bridgehead atoms. The van der Waals surface area contributed by atoms with Gasteiger partial charge in [-0.1, -0.05) is 44.0 Å². The Morgan fingerprint density at radius 3 is 2.62 bits per heavy atom. The molecule has 0 radical (unpaired) electrons. The number of nitrogens with one attached hydrogen (secondary N) is 1. The quantitative estimate of drug-likeness (QED) is 0.823. The zero-order chi connectivity index (χ0) is 20.6. The van der Waals surface area contributed by atoms with Crippen LogP contribution in [-0.2, 0) is 4.79 Å². The normalized spacial score (nSPS) is 21.1. The van der Waals surface area contributed by atoms with Crippen molar-refractivity contribution < 1.29 is 9.59 Å². The molecule has 5 nitrogen and oxygen atoms in total. The van der Waals surface area contributed by atoms with Gasteiger partial charge >= 0.3 is 0 Å². The molecule has 1 aromatic heterocycles. The second-order valence-electron chi connectivity index (χ2n) is 8.47. The zero-order valence-corrected chi connectivity index (χ0v) is 17.4. The highest BCUT2D eigenvalue weighted by Gasteiger charge is 2.56. The number of rotatable bonds is 4. The summed E-state index contributed by atoms with van der Waals surface area (Å²) in [5.74, 6) is 0.153. The zero-order valence-electron chi connectivity index (χ0n) is 17.4. The van der Waals surface area contributed by atoms with Crippen LogP contribution in [0.3, 0.4) is 0 Å². The predicted molar refractivity (Wildman–Crippen MR) is 114 cm³/mol. The average Bonchev–Trinajstić information content (AvgIpc) is 3.19. The topological polar surface area (TPSA) is 62.3 Å². The van der Waals surface area contributed by atoms with E-state index in [-0.39, 0.29) is 17.9 Å². The Hall–Kier alpha value is -2.69. The monoisotopic (exact) mass is 391 g/mol. The smallest absolute Gasteiger partial charge is 0.254 e. The van der Waals surface area contributed by atoms with Crippen molar-refractivity contribution in [1.29, 1.82) is 0 Å². The Morgan fingerprint density at radius 2 is 1.97 bits per heavy atom. The fraction of sp³-hybridized carbons (Fsp3) is 0.458. The van der Waals surface area contributed by atoms with Gasteiger partial charge in [0.05, 0.1) is 11.5 Å². The minimum atomic E-state index is -0.463. The van der Waals surface area contributed by atoms with Crippen molar-refractivity contribution >= 4 is 17.6 Å². The number of aryl methyl sites for hydroxylation is 1. The summed E-state index contributed by atoms with van der Waals surface area (Å²) in [5, 5.41) is 3.04. The second kappa shape index (κ2) is 7.62. The number of amides is 2. The Kier molecular flexibility index (Phi) is 5.15. The molecule has 2 aliphatic rings. The highest BCUT2D eigenvalue weighted by atomic mass is 16.2. The number of aromatic nitrogens is 1. The highest BCUT2D eigenvalue weighted by molar-refractivity contribution is 6.05. The van der Waals surface area contributed by atoms with E-state index >= 15 is 0 Å². The Bertz CT molecular complexity index is 916. The first-order valence-electron chi connectivity index (χ1n) is 10.6. The minimum Gasteiger partial charge on any atom is -0.329 e. The molecule has 1 fully saturated rings. The van der Waals surface area contributed by atoms with E-state index in [1.54, 1.807) is 6.20 Å². The van der Waals surface area contributed by atoms with Crippen LogP contribution in [0.2, 0.25) is 0 Å². The number of fused-ring (bicyclic) bond motifs is 1. The van der Waals surface area contributed by atoms with Gasteiger partial charge in [0.1, 0.15) is 5.82 Å². The van der Waals surface area contributed by atoms with E-state index in [4.69, 9.17) is 0 Å². The maximum Gasteiger partial charge on any atom is 0.254 e. The number of carbonyl (C=O) groups is 2. The van der Waals surface area contributed by atoms with Crippen LogP contribution in [0.15, 0.2) is 42.6 Å². The van der Waals surface area contributed by atoms with Crippen molar-refractivity contribution in [2.24, 2.45) is 0 Å². The third kappa shape index (κ3) is 3.22. The van der Waals surface area contributed by atoms with Crippen LogP contribution in [0.1, 0.15) is 73.4 Å². The van der Waals surface area contributed by atoms with Gasteiger partial charge in [0, 0.05) is 17.8 Å². The molecule has 5 heteroatoms. The molecule has 4 rings (SSSR count). The van der Waals surface area contributed by atoms with E-state index in [1.165, 1.54) is 0 Å². The number of anilines is 1. The summed E-state index contributed by atoms with van der Waals surface area (Å²) in [4.78, 5) is 33.6. The van der Waals surface area contributed by atoms with Gasteiger partial charge in [0.25, 0.3) is 5.91 Å². The molecule has 1 spiro atoms. The van der Waals surface area contributed by atoms with E-state index in [0.717, 1.165) is 43.2 Å². The van der Waals surface area contributed by atoms with Gasteiger partial charge in [-0.3, -0.25) is 9.59 Å². The van der Waals surface area contributed by atoms with E-state index in [9.17, 15) is 9.59 Å². The first-order valence-corrected chi connectivity index (χ1v) is 10.6. The molecule has 1 saturated carbocycles. The number of pyridine rings is 1. The van der Waals surface area contributed by atoms with Crippen molar-refractivity contribution in [2.45, 2.75) is 70.4 Å². The molecule has 2 heterocycles. The van der Waals surface area contributed by atoms with E-state index in [0.29, 0.717) is 11.4 Å². The number of hydrogen-bond donors (Lipinski definition) is 1. The van der Waals surface area contributed by atoms with Crippen LogP contribution in [0.5, 0.6) is 0 Å². The molecule has 152 valence electrons. The van der Waals surface area contributed by atoms with Crippen molar-refractivity contribution in [1.82, 2.24) is 9.88 Å². The lowest BCUT2D eigenvalue weighted by atomic mass is 9.70. The molecule has 0 saturated heterocycles. The highest BCUT2D eigenvalue weighted by Crippen LogP contribution is 2.51. The summed E-state index contributed by atoms with van der Waals surface area (Å²) >= 11 is 0. The molecule has 2 atom stereocenters. The predicted octanol–water partition coefficient (Wildman–Crippen LogP) is 4.68. The van der Waals surface area contributed by atoms with Gasteiger partial charge < -0.3 is 10.2 Å². The summed E-state index contributed by atoms with van der Waals surface area (Å²) in [6.07, 6.45) is 6.41. The van der Waals surface area contributed by atoms with Gasteiger partial charge in [-0.2, -0.15) is 0 Å². The Balaban J connectivity index is 1.82. The molecule has 0 unspecified atom stereocenters. The largest absolute Gasteiger partial charge is 0.329 e. The fourth-order valence-corrected chi connectivity index (χ4v) is 5.17. The first-order chi connectivity index (χ1) is 14.0. The van der Waals surface area contributed by atoms with Crippen LogP contribution >= 0.6 is 0 Å². The lowest BCUT2D eigenvalue weighted by molar-refractivity contribution is -0.121. The maximum atomic E-state index is 13.7. The molecular weight excluding hydrogens is 362 g/mol. The van der Waals surface area contributed by atoms with Crippen molar-refractivity contribution in [3.05, 3.63) is 59.3 Å². The number of benzene rings is 1. The van der Waals surface area contributed by atoms with Gasteiger partial charge in [-0.05, 0) is 56.4 Å². The molecule has 1 N–H and O–H groups in total. The molecular formula is C24H29N3O2. The van der Waals surface area contributed by atoms with Crippen molar-refractivity contribution in [2.75, 3.05) is 5.32 Å². The summed E-state index contributed by atoms with van der Waals surface area (Å²) in [6.45, 7) is 6.17. The number of nitrogens with zero attached hydrogens (tertiary/aromatic N) is 2. The lowest BCUT2D eigenvalue weighted by Gasteiger charge is -2.52. The van der Waals surface area contributed by atoms with Crippen LogP contribution in [0, 0.1) is 6.92 Å². The summed E-state index contributed by atoms with van der Waals surface area (Å²) in [6, 6.07) is 11.5. The third-order valence-corrected chi connectivity index (χ3v) is 6.66. The van der Waals surface area contributed by atoms with Crippen molar-refractivity contribution in [3.63, 3.8) is 0 Å². The van der Waals surface area contributed by atoms with Crippen LogP contribution in [-0.4, -0.2) is 33.3 Å². The minimum absolute atomic E-state index is 0.0642. The molecule has 29 heavy (non-hydrogen) atoms. The first kappa shape index (κ1) is 19.6.